The largest absolute Gasteiger partial charge is 0.489 e. The number of halogens is 1. The molecule has 174 valence electrons. The maximum absolute atomic E-state index is 12.7. The van der Waals surface area contributed by atoms with Gasteiger partial charge in [-0.2, -0.15) is 0 Å². The molecule has 0 saturated carbocycles. The zero-order chi connectivity index (χ0) is 23.0. The maximum atomic E-state index is 12.7. The van der Waals surface area contributed by atoms with E-state index >= 15 is 0 Å². The van der Waals surface area contributed by atoms with Crippen LogP contribution in [0.3, 0.4) is 0 Å². The van der Waals surface area contributed by atoms with E-state index < -0.39 is 0 Å². The Labute approximate surface area is 197 Å². The monoisotopic (exact) mass is 470 g/mol. The Kier molecular flexibility index (Phi) is 7.83. The minimum absolute atomic E-state index is 0.0393. The van der Waals surface area contributed by atoms with Gasteiger partial charge in [-0.3, -0.25) is 4.79 Å². The van der Waals surface area contributed by atoms with Gasteiger partial charge in [0.1, 0.15) is 6.61 Å². The first kappa shape index (κ1) is 23.1. The average molecular weight is 471 g/mol. The number of para-hydroxylation sites is 1. The van der Waals surface area contributed by atoms with Crippen LogP contribution in [-0.2, 0) is 17.8 Å². The molecular weight excluding hydrogens is 444 g/mol. The van der Waals surface area contributed by atoms with E-state index in [1.54, 1.807) is 6.07 Å². The third-order valence-corrected chi connectivity index (χ3v) is 5.62. The van der Waals surface area contributed by atoms with Gasteiger partial charge in [-0.1, -0.05) is 29.8 Å². The number of benzene rings is 2. The molecule has 9 heteroatoms. The van der Waals surface area contributed by atoms with Crippen LogP contribution in [0.15, 0.2) is 55.0 Å². The number of carbonyl (C=O) groups is 1. The van der Waals surface area contributed by atoms with Gasteiger partial charge >= 0.3 is 0 Å². The third-order valence-electron chi connectivity index (χ3n) is 5.37. The predicted octanol–water partition coefficient (Wildman–Crippen LogP) is 2.72. The number of imidazole rings is 1. The van der Waals surface area contributed by atoms with Gasteiger partial charge in [0.15, 0.2) is 5.75 Å². The van der Waals surface area contributed by atoms with Crippen molar-refractivity contribution in [3.63, 3.8) is 0 Å². The standard InChI is InChI=1S/C24H27ClN4O4/c25-19-6-4-18(5-7-19)15-29-17-26-14-20(29)16-28-9-12-33-23-21(2-1-3-22(23)28)24(31)27-8-11-32-13-10-30/h1-7,14,17,30H,8-13,15-16H2,(H,27,31). The van der Waals surface area contributed by atoms with Crippen LogP contribution in [0.25, 0.3) is 0 Å². The molecule has 33 heavy (non-hydrogen) atoms. The summed E-state index contributed by atoms with van der Waals surface area (Å²) in [5, 5.41) is 12.3. The topological polar surface area (TPSA) is 88.8 Å². The highest BCUT2D eigenvalue weighted by molar-refractivity contribution is 6.30. The van der Waals surface area contributed by atoms with Crippen molar-refractivity contribution >= 4 is 23.2 Å². The second kappa shape index (κ2) is 11.2. The number of hydrogen-bond acceptors (Lipinski definition) is 6. The lowest BCUT2D eigenvalue weighted by molar-refractivity contribution is 0.0835. The van der Waals surface area contributed by atoms with E-state index in [1.165, 1.54) is 0 Å². The molecule has 2 aromatic carbocycles. The summed E-state index contributed by atoms with van der Waals surface area (Å²) in [5.41, 5.74) is 3.58. The highest BCUT2D eigenvalue weighted by Crippen LogP contribution is 2.35. The average Bonchev–Trinajstić information content (AvgIpc) is 3.26. The molecular formula is C24H27ClN4O4. The summed E-state index contributed by atoms with van der Waals surface area (Å²) >= 11 is 6.00. The molecule has 1 amide bonds. The molecule has 0 spiro atoms. The van der Waals surface area contributed by atoms with Crippen molar-refractivity contribution in [3.8, 4) is 5.75 Å². The zero-order valence-electron chi connectivity index (χ0n) is 18.2. The van der Waals surface area contributed by atoms with Crippen molar-refractivity contribution in [3.05, 3.63) is 76.8 Å². The number of rotatable bonds is 10. The van der Waals surface area contributed by atoms with E-state index in [0.29, 0.717) is 55.7 Å². The van der Waals surface area contributed by atoms with Gasteiger partial charge in [-0.05, 0) is 29.8 Å². The van der Waals surface area contributed by atoms with Crippen molar-refractivity contribution in [2.24, 2.45) is 0 Å². The van der Waals surface area contributed by atoms with E-state index in [4.69, 9.17) is 26.2 Å². The summed E-state index contributed by atoms with van der Waals surface area (Å²) in [6.07, 6.45) is 3.70. The fraction of sp³-hybridized carbons (Fsp3) is 0.333. The van der Waals surface area contributed by atoms with Crippen LogP contribution >= 0.6 is 11.6 Å². The molecule has 2 heterocycles. The lowest BCUT2D eigenvalue weighted by Crippen LogP contribution is -2.35. The molecule has 2 N–H and O–H groups in total. The number of nitrogens with one attached hydrogen (secondary N) is 1. The fourth-order valence-electron chi connectivity index (χ4n) is 3.75. The van der Waals surface area contributed by atoms with E-state index in [1.807, 2.05) is 48.9 Å². The fourth-order valence-corrected chi connectivity index (χ4v) is 3.88. The Morgan fingerprint density at radius 3 is 2.85 bits per heavy atom. The molecule has 0 atom stereocenters. The summed E-state index contributed by atoms with van der Waals surface area (Å²) < 4.78 is 13.2. The molecule has 1 aromatic heterocycles. The van der Waals surface area contributed by atoms with Crippen LogP contribution in [0.4, 0.5) is 5.69 Å². The number of aromatic nitrogens is 2. The second-order valence-electron chi connectivity index (χ2n) is 7.66. The van der Waals surface area contributed by atoms with Crippen LogP contribution < -0.4 is 15.0 Å². The van der Waals surface area contributed by atoms with E-state index in [0.717, 1.165) is 16.9 Å². The number of nitrogens with zero attached hydrogens (tertiary/aromatic N) is 3. The summed E-state index contributed by atoms with van der Waals surface area (Å²) in [7, 11) is 0. The van der Waals surface area contributed by atoms with Gasteiger partial charge in [-0.25, -0.2) is 4.98 Å². The number of fused-ring (bicyclic) bond motifs is 1. The molecule has 8 nitrogen and oxygen atoms in total. The van der Waals surface area contributed by atoms with Crippen molar-refractivity contribution in [1.29, 1.82) is 0 Å². The summed E-state index contributed by atoms with van der Waals surface area (Å²) in [6.45, 7) is 3.45. The SMILES string of the molecule is O=C(NCCOCCO)c1cccc2c1OCCN2Cc1cncn1Cc1ccc(Cl)cc1. The first-order chi connectivity index (χ1) is 16.2. The Hall–Kier alpha value is -3.07. The number of amides is 1. The summed E-state index contributed by atoms with van der Waals surface area (Å²) in [4.78, 5) is 19.3. The van der Waals surface area contributed by atoms with Gasteiger partial charge in [0.2, 0.25) is 0 Å². The van der Waals surface area contributed by atoms with Gasteiger partial charge in [-0.15, -0.1) is 0 Å². The molecule has 0 aliphatic carbocycles. The van der Waals surface area contributed by atoms with Crippen LogP contribution in [0.1, 0.15) is 21.6 Å². The molecule has 0 fully saturated rings. The molecule has 0 unspecified atom stereocenters. The number of aliphatic hydroxyl groups is 1. The predicted molar refractivity (Wildman–Crippen MR) is 126 cm³/mol. The normalized spacial score (nSPS) is 12.8. The van der Waals surface area contributed by atoms with Crippen molar-refractivity contribution < 1.29 is 19.4 Å². The van der Waals surface area contributed by atoms with Crippen LogP contribution in [0.2, 0.25) is 5.02 Å². The third kappa shape index (κ3) is 5.84. The first-order valence-electron chi connectivity index (χ1n) is 10.9. The molecule has 1 aliphatic heterocycles. The van der Waals surface area contributed by atoms with E-state index in [-0.39, 0.29) is 19.1 Å². The Bertz CT molecular complexity index is 1070. The minimum Gasteiger partial charge on any atom is -0.489 e. The van der Waals surface area contributed by atoms with Gasteiger partial charge in [0.05, 0.1) is 56.2 Å². The van der Waals surface area contributed by atoms with E-state index in [2.05, 4.69) is 19.8 Å². The Morgan fingerprint density at radius 2 is 2.03 bits per heavy atom. The zero-order valence-corrected chi connectivity index (χ0v) is 19.0. The van der Waals surface area contributed by atoms with Gasteiger partial charge in [0, 0.05) is 24.3 Å². The summed E-state index contributed by atoms with van der Waals surface area (Å²) in [6, 6.07) is 13.4. The van der Waals surface area contributed by atoms with Crippen LogP contribution in [0.5, 0.6) is 5.75 Å². The highest BCUT2D eigenvalue weighted by atomic mass is 35.5. The lowest BCUT2D eigenvalue weighted by atomic mass is 10.1. The molecule has 1 aliphatic rings. The molecule has 0 saturated heterocycles. The number of aliphatic hydroxyl groups excluding tert-OH is 1. The number of ether oxygens (including phenoxy) is 2. The molecule has 3 aromatic rings. The summed E-state index contributed by atoms with van der Waals surface area (Å²) in [5.74, 6) is 0.371. The first-order valence-corrected chi connectivity index (χ1v) is 11.2. The number of hydrogen-bond donors (Lipinski definition) is 2. The number of carbonyl (C=O) groups excluding carboxylic acids is 1. The van der Waals surface area contributed by atoms with Crippen LogP contribution in [-0.4, -0.2) is 60.1 Å². The van der Waals surface area contributed by atoms with Crippen molar-refractivity contribution in [2.45, 2.75) is 13.1 Å². The quantitative estimate of drug-likeness (QED) is 0.443. The molecule has 0 radical (unpaired) electrons. The van der Waals surface area contributed by atoms with Crippen molar-refractivity contribution in [2.75, 3.05) is 44.4 Å². The minimum atomic E-state index is -0.214. The molecule has 0 bridgehead atoms. The smallest absolute Gasteiger partial charge is 0.255 e. The second-order valence-corrected chi connectivity index (χ2v) is 8.09. The highest BCUT2D eigenvalue weighted by Gasteiger charge is 2.24. The Balaban J connectivity index is 1.46. The number of anilines is 1. The Morgan fingerprint density at radius 1 is 1.18 bits per heavy atom. The van der Waals surface area contributed by atoms with Crippen molar-refractivity contribution in [1.82, 2.24) is 14.9 Å². The van der Waals surface area contributed by atoms with Gasteiger partial charge in [0.25, 0.3) is 5.91 Å². The molecule has 4 rings (SSSR count). The maximum Gasteiger partial charge on any atom is 0.255 e. The lowest BCUT2D eigenvalue weighted by Gasteiger charge is -2.32. The van der Waals surface area contributed by atoms with E-state index in [9.17, 15) is 4.79 Å². The van der Waals surface area contributed by atoms with Crippen LogP contribution in [0, 0.1) is 0 Å². The van der Waals surface area contributed by atoms with Gasteiger partial charge < -0.3 is 29.4 Å².